The molecule has 0 aliphatic heterocycles. The molecule has 2 aromatic rings. The van der Waals surface area contributed by atoms with Gasteiger partial charge in [-0.25, -0.2) is 0 Å². The standard InChI is InChI=1S/C20H29NO3.C2H4.CH4/c1-5-6-7-8-9-10-11-15-12-13-16(23-3)18-17(15)19(22)20(24-4)14(2)21-18;1-2;/h12-13H,5-11H2,1-4H3,(H,21,22);1-2H2;1H4. The van der Waals surface area contributed by atoms with Gasteiger partial charge in [-0.3, -0.25) is 4.79 Å². The molecule has 0 aliphatic carbocycles. The maximum absolute atomic E-state index is 12.8. The number of fused-ring (bicyclic) bond motifs is 1. The van der Waals surface area contributed by atoms with Crippen molar-refractivity contribution in [2.24, 2.45) is 0 Å². The summed E-state index contributed by atoms with van der Waals surface area (Å²) in [6.45, 7) is 10.1. The van der Waals surface area contributed by atoms with Gasteiger partial charge in [0.15, 0.2) is 5.75 Å². The molecule has 0 aliphatic rings. The number of pyridine rings is 1. The highest BCUT2D eigenvalue weighted by molar-refractivity contribution is 5.88. The highest BCUT2D eigenvalue weighted by atomic mass is 16.5. The van der Waals surface area contributed by atoms with Gasteiger partial charge in [0.05, 0.1) is 30.8 Å². The third-order valence-electron chi connectivity index (χ3n) is 4.56. The molecule has 0 fully saturated rings. The summed E-state index contributed by atoms with van der Waals surface area (Å²) in [5.74, 6) is 1.08. The summed E-state index contributed by atoms with van der Waals surface area (Å²) in [5, 5.41) is 0.699. The smallest absolute Gasteiger partial charge is 0.231 e. The summed E-state index contributed by atoms with van der Waals surface area (Å²) in [6.07, 6.45) is 8.34. The second kappa shape index (κ2) is 13.0. The molecule has 0 bridgehead atoms. The Labute approximate surface area is 164 Å². The van der Waals surface area contributed by atoms with E-state index in [1.165, 1.54) is 39.2 Å². The fourth-order valence-corrected chi connectivity index (χ4v) is 3.26. The minimum absolute atomic E-state index is 0. The molecule has 4 nitrogen and oxygen atoms in total. The number of aromatic amines is 1. The van der Waals surface area contributed by atoms with E-state index in [1.807, 2.05) is 19.1 Å². The molecule has 0 atom stereocenters. The first-order valence-corrected chi connectivity index (χ1v) is 9.40. The number of unbranched alkanes of at least 4 members (excludes halogenated alkanes) is 5. The van der Waals surface area contributed by atoms with Gasteiger partial charge in [0.25, 0.3) is 0 Å². The maximum Gasteiger partial charge on any atom is 0.231 e. The predicted octanol–water partition coefficient (Wildman–Crippen LogP) is 6.20. The summed E-state index contributed by atoms with van der Waals surface area (Å²) in [4.78, 5) is 16.1. The zero-order valence-electron chi connectivity index (χ0n) is 16.7. The summed E-state index contributed by atoms with van der Waals surface area (Å²) in [7, 11) is 3.16. The van der Waals surface area contributed by atoms with Crippen molar-refractivity contribution in [3.63, 3.8) is 0 Å². The molecule has 1 N–H and O–H groups in total. The van der Waals surface area contributed by atoms with E-state index in [-0.39, 0.29) is 12.9 Å². The number of benzene rings is 1. The quantitative estimate of drug-likeness (QED) is 0.419. The van der Waals surface area contributed by atoms with Crippen LogP contribution in [0.25, 0.3) is 10.9 Å². The van der Waals surface area contributed by atoms with E-state index in [0.29, 0.717) is 16.9 Å². The first kappa shape index (κ1) is 24.8. The fraction of sp³-hybridized carbons (Fsp3) is 0.522. The first-order chi connectivity index (χ1) is 12.6. The van der Waals surface area contributed by atoms with Crippen LogP contribution < -0.4 is 14.9 Å². The molecule has 0 saturated heterocycles. The Hall–Kier alpha value is -2.23. The van der Waals surface area contributed by atoms with Crippen LogP contribution in [0.15, 0.2) is 30.1 Å². The maximum atomic E-state index is 12.8. The number of aromatic nitrogens is 1. The molecule has 0 radical (unpaired) electrons. The minimum Gasteiger partial charge on any atom is -0.495 e. The second-order valence-electron chi connectivity index (χ2n) is 6.31. The van der Waals surface area contributed by atoms with E-state index in [2.05, 4.69) is 25.1 Å². The van der Waals surface area contributed by atoms with Gasteiger partial charge in [0, 0.05) is 0 Å². The third kappa shape index (κ3) is 6.16. The average molecular weight is 376 g/mol. The number of H-pyrrole nitrogens is 1. The predicted molar refractivity (Wildman–Crippen MR) is 117 cm³/mol. The first-order valence-electron chi connectivity index (χ1n) is 9.40. The fourth-order valence-electron chi connectivity index (χ4n) is 3.26. The van der Waals surface area contributed by atoms with Gasteiger partial charge in [-0.15, -0.1) is 13.2 Å². The lowest BCUT2D eigenvalue weighted by atomic mass is 10.00. The second-order valence-corrected chi connectivity index (χ2v) is 6.31. The molecule has 1 aromatic carbocycles. The zero-order chi connectivity index (χ0) is 19.5. The van der Waals surface area contributed by atoms with E-state index in [4.69, 9.17) is 9.47 Å². The topological polar surface area (TPSA) is 51.3 Å². The highest BCUT2D eigenvalue weighted by Gasteiger charge is 2.16. The molecule has 1 aromatic heterocycles. The zero-order valence-corrected chi connectivity index (χ0v) is 16.7. The SMILES string of the molecule is C.C=C.CCCCCCCCc1ccc(OC)c2[nH]c(C)c(OC)c(=O)c12. The van der Waals surface area contributed by atoms with Crippen molar-refractivity contribution in [1.29, 1.82) is 0 Å². The highest BCUT2D eigenvalue weighted by Crippen LogP contribution is 2.28. The molecule has 0 saturated carbocycles. The molecule has 0 unspecified atom stereocenters. The van der Waals surface area contributed by atoms with Gasteiger partial charge in [-0.2, -0.15) is 0 Å². The van der Waals surface area contributed by atoms with Crippen LogP contribution in [0.3, 0.4) is 0 Å². The molecule has 0 spiro atoms. The number of rotatable bonds is 9. The van der Waals surface area contributed by atoms with Crippen molar-refractivity contribution >= 4 is 10.9 Å². The molecular formula is C23H37NO3. The number of methoxy groups -OCH3 is 2. The van der Waals surface area contributed by atoms with Gasteiger partial charge >= 0.3 is 0 Å². The Morgan fingerprint density at radius 1 is 1.00 bits per heavy atom. The number of ether oxygens (including phenoxy) is 2. The molecule has 27 heavy (non-hydrogen) atoms. The Morgan fingerprint density at radius 2 is 1.63 bits per heavy atom. The number of nitrogens with one attached hydrogen (secondary N) is 1. The Balaban J connectivity index is 0.00000218. The van der Waals surface area contributed by atoms with Crippen molar-refractivity contribution < 1.29 is 9.47 Å². The molecule has 2 rings (SSSR count). The van der Waals surface area contributed by atoms with Crippen LogP contribution in [0, 0.1) is 6.92 Å². The number of hydrogen-bond acceptors (Lipinski definition) is 3. The van der Waals surface area contributed by atoms with Crippen LogP contribution in [-0.4, -0.2) is 19.2 Å². The summed E-state index contributed by atoms with van der Waals surface area (Å²) >= 11 is 0. The Morgan fingerprint density at radius 3 is 2.22 bits per heavy atom. The lowest BCUT2D eigenvalue weighted by Crippen LogP contribution is -2.12. The largest absolute Gasteiger partial charge is 0.495 e. The van der Waals surface area contributed by atoms with Crippen LogP contribution in [-0.2, 0) is 6.42 Å². The van der Waals surface area contributed by atoms with E-state index in [0.717, 1.165) is 29.6 Å². The molecule has 0 amide bonds. The minimum atomic E-state index is -0.0522. The van der Waals surface area contributed by atoms with Crippen LogP contribution in [0.4, 0.5) is 0 Å². The van der Waals surface area contributed by atoms with Crippen molar-refractivity contribution in [1.82, 2.24) is 4.98 Å². The van der Waals surface area contributed by atoms with Crippen LogP contribution in [0.5, 0.6) is 11.5 Å². The third-order valence-corrected chi connectivity index (χ3v) is 4.56. The molecule has 1 heterocycles. The lowest BCUT2D eigenvalue weighted by Gasteiger charge is -2.13. The average Bonchev–Trinajstić information content (AvgIpc) is 2.66. The van der Waals surface area contributed by atoms with Gasteiger partial charge in [-0.05, 0) is 31.4 Å². The van der Waals surface area contributed by atoms with Crippen molar-refractivity contribution in [2.75, 3.05) is 14.2 Å². The van der Waals surface area contributed by atoms with Crippen LogP contribution in [0.2, 0.25) is 0 Å². The van der Waals surface area contributed by atoms with E-state index in [1.54, 1.807) is 7.11 Å². The van der Waals surface area contributed by atoms with Crippen molar-refractivity contribution in [3.8, 4) is 11.5 Å². The monoisotopic (exact) mass is 375 g/mol. The number of aryl methyl sites for hydroxylation is 2. The van der Waals surface area contributed by atoms with Gasteiger partial charge in [0.1, 0.15) is 5.75 Å². The van der Waals surface area contributed by atoms with Gasteiger partial charge in [0.2, 0.25) is 5.43 Å². The summed E-state index contributed by atoms with van der Waals surface area (Å²) < 4.78 is 10.7. The van der Waals surface area contributed by atoms with Crippen molar-refractivity contribution in [3.05, 3.63) is 46.8 Å². The van der Waals surface area contributed by atoms with Crippen LogP contribution in [0.1, 0.15) is 64.1 Å². The molecular weight excluding hydrogens is 338 g/mol. The molecule has 152 valence electrons. The van der Waals surface area contributed by atoms with E-state index < -0.39 is 0 Å². The van der Waals surface area contributed by atoms with Crippen LogP contribution >= 0.6 is 0 Å². The normalized spacial score (nSPS) is 9.93. The lowest BCUT2D eigenvalue weighted by molar-refractivity contribution is 0.405. The molecule has 4 heteroatoms. The Kier molecular flexibility index (Phi) is 11.9. The summed E-state index contributed by atoms with van der Waals surface area (Å²) in [6, 6.07) is 3.95. The Bertz CT molecular complexity index is 749. The summed E-state index contributed by atoms with van der Waals surface area (Å²) in [5.41, 5.74) is 2.51. The number of hydrogen-bond donors (Lipinski definition) is 1. The van der Waals surface area contributed by atoms with Gasteiger partial charge in [-0.1, -0.05) is 52.5 Å². The van der Waals surface area contributed by atoms with Gasteiger partial charge < -0.3 is 14.5 Å². The van der Waals surface area contributed by atoms with E-state index in [9.17, 15) is 4.79 Å². The van der Waals surface area contributed by atoms with E-state index >= 15 is 0 Å². The van der Waals surface area contributed by atoms with Crippen molar-refractivity contribution in [2.45, 2.75) is 66.2 Å².